The molecule has 1 amide bonds. The number of hydrogen-bond donors (Lipinski definition) is 3. The molecule has 1 aromatic heterocycles. The van der Waals surface area contributed by atoms with Gasteiger partial charge < -0.3 is 20.4 Å². The first-order valence-electron chi connectivity index (χ1n) is 6.32. The highest BCUT2D eigenvalue weighted by Gasteiger charge is 2.32. The number of carboxylic acid groups (broad SMARTS) is 1. The van der Waals surface area contributed by atoms with Gasteiger partial charge in [-0.25, -0.2) is 14.8 Å². The maximum Gasteiger partial charge on any atom is 0.334 e. The lowest BCUT2D eigenvalue weighted by atomic mass is 10.2. The first kappa shape index (κ1) is 14.2. The summed E-state index contributed by atoms with van der Waals surface area (Å²) >= 11 is 0. The van der Waals surface area contributed by atoms with E-state index in [0.29, 0.717) is 18.9 Å². The van der Waals surface area contributed by atoms with E-state index in [0.717, 1.165) is 6.42 Å². The number of hydrogen-bond acceptors (Lipinski definition) is 6. The van der Waals surface area contributed by atoms with E-state index in [1.807, 2.05) is 0 Å². The fraction of sp³-hybridized carbons (Fsp3) is 0.500. The Morgan fingerprint density at radius 2 is 2.15 bits per heavy atom. The summed E-state index contributed by atoms with van der Waals surface area (Å²) in [5.41, 5.74) is 0. The molecular weight excluding hydrogens is 264 g/mol. The van der Waals surface area contributed by atoms with Crippen LogP contribution in [0.1, 0.15) is 12.8 Å². The molecule has 2 heterocycles. The lowest BCUT2D eigenvalue weighted by molar-refractivity contribution is -0.146. The van der Waals surface area contributed by atoms with Crippen LogP contribution in [-0.4, -0.2) is 57.3 Å². The molecule has 1 aromatic rings. The van der Waals surface area contributed by atoms with E-state index in [2.05, 4.69) is 15.3 Å². The van der Waals surface area contributed by atoms with E-state index in [9.17, 15) is 9.59 Å². The van der Waals surface area contributed by atoms with Crippen molar-refractivity contribution in [1.29, 1.82) is 0 Å². The van der Waals surface area contributed by atoms with E-state index < -0.39 is 18.1 Å². The standard InChI is InChI=1S/C12H16N4O4/c17-9(11(19)20)7-15-10(18)8-3-1-6-16(8)12-13-4-2-5-14-12/h2,4-5,8-9,17H,1,3,6-7H2,(H,15,18)(H,19,20). The van der Waals surface area contributed by atoms with Crippen LogP contribution in [0, 0.1) is 0 Å². The molecule has 0 radical (unpaired) electrons. The van der Waals surface area contributed by atoms with E-state index in [1.54, 1.807) is 23.4 Å². The molecule has 2 rings (SSSR count). The molecule has 8 nitrogen and oxygen atoms in total. The van der Waals surface area contributed by atoms with Crippen LogP contribution in [-0.2, 0) is 9.59 Å². The molecular formula is C12H16N4O4. The summed E-state index contributed by atoms with van der Waals surface area (Å²) in [5, 5.41) is 20.1. The van der Waals surface area contributed by atoms with Crippen molar-refractivity contribution in [1.82, 2.24) is 15.3 Å². The number of aliphatic hydroxyl groups is 1. The molecule has 2 unspecified atom stereocenters. The van der Waals surface area contributed by atoms with Crippen LogP contribution in [0.4, 0.5) is 5.95 Å². The van der Waals surface area contributed by atoms with Gasteiger partial charge in [-0.15, -0.1) is 0 Å². The van der Waals surface area contributed by atoms with Crippen LogP contribution in [0.15, 0.2) is 18.5 Å². The van der Waals surface area contributed by atoms with Crippen molar-refractivity contribution in [3.8, 4) is 0 Å². The maximum atomic E-state index is 12.0. The third kappa shape index (κ3) is 3.21. The van der Waals surface area contributed by atoms with E-state index in [1.165, 1.54) is 0 Å². The number of aliphatic carboxylic acids is 1. The minimum atomic E-state index is -1.60. The zero-order valence-corrected chi connectivity index (χ0v) is 10.8. The largest absolute Gasteiger partial charge is 0.479 e. The first-order chi connectivity index (χ1) is 9.59. The summed E-state index contributed by atoms with van der Waals surface area (Å²) in [5.74, 6) is -1.21. The number of nitrogens with one attached hydrogen (secondary N) is 1. The molecule has 1 aliphatic heterocycles. The summed E-state index contributed by atoms with van der Waals surface area (Å²) < 4.78 is 0. The van der Waals surface area contributed by atoms with Gasteiger partial charge in [0.15, 0.2) is 6.10 Å². The van der Waals surface area contributed by atoms with E-state index in [-0.39, 0.29) is 12.5 Å². The third-order valence-corrected chi connectivity index (χ3v) is 3.12. The lowest BCUT2D eigenvalue weighted by Crippen LogP contribution is -2.47. The van der Waals surface area contributed by atoms with E-state index in [4.69, 9.17) is 10.2 Å². The quantitative estimate of drug-likeness (QED) is 0.634. The Morgan fingerprint density at radius 3 is 2.80 bits per heavy atom. The minimum absolute atomic E-state index is 0.311. The monoisotopic (exact) mass is 280 g/mol. The molecule has 2 atom stereocenters. The molecule has 20 heavy (non-hydrogen) atoms. The summed E-state index contributed by atoms with van der Waals surface area (Å²) in [6.07, 6.45) is 3.08. The van der Waals surface area contributed by atoms with Crippen molar-refractivity contribution < 1.29 is 19.8 Å². The number of aromatic nitrogens is 2. The van der Waals surface area contributed by atoms with Gasteiger partial charge in [-0.3, -0.25) is 4.79 Å². The molecule has 0 spiro atoms. The summed E-state index contributed by atoms with van der Waals surface area (Å²) in [6.45, 7) is 0.359. The van der Waals surface area contributed by atoms with Crippen LogP contribution < -0.4 is 10.2 Å². The zero-order valence-electron chi connectivity index (χ0n) is 10.8. The highest BCUT2D eigenvalue weighted by atomic mass is 16.4. The number of carbonyl (C=O) groups excluding carboxylic acids is 1. The molecule has 0 saturated carbocycles. The Kier molecular flexibility index (Phi) is 4.46. The maximum absolute atomic E-state index is 12.0. The van der Waals surface area contributed by atoms with Crippen molar-refractivity contribution in [2.45, 2.75) is 25.0 Å². The highest BCUT2D eigenvalue weighted by Crippen LogP contribution is 2.21. The number of nitrogens with zero attached hydrogens (tertiary/aromatic N) is 3. The number of carbonyl (C=O) groups is 2. The molecule has 0 bridgehead atoms. The van der Waals surface area contributed by atoms with Gasteiger partial charge in [-0.05, 0) is 18.9 Å². The van der Waals surface area contributed by atoms with Crippen molar-refractivity contribution in [3.63, 3.8) is 0 Å². The SMILES string of the molecule is O=C(O)C(O)CNC(=O)C1CCCN1c1ncccn1. The van der Waals surface area contributed by atoms with Crippen molar-refractivity contribution in [2.75, 3.05) is 18.0 Å². The van der Waals surface area contributed by atoms with Crippen molar-refractivity contribution >= 4 is 17.8 Å². The number of carboxylic acids is 1. The smallest absolute Gasteiger partial charge is 0.334 e. The van der Waals surface area contributed by atoms with Gasteiger partial charge in [-0.2, -0.15) is 0 Å². The van der Waals surface area contributed by atoms with Crippen LogP contribution in [0.3, 0.4) is 0 Å². The van der Waals surface area contributed by atoms with Gasteiger partial charge in [0.2, 0.25) is 11.9 Å². The molecule has 0 aliphatic carbocycles. The molecule has 1 saturated heterocycles. The Balaban J connectivity index is 1.97. The summed E-state index contributed by atoms with van der Waals surface area (Å²) in [6, 6.07) is 1.26. The summed E-state index contributed by atoms with van der Waals surface area (Å²) in [7, 11) is 0. The second-order valence-corrected chi connectivity index (χ2v) is 4.50. The van der Waals surface area contributed by atoms with Crippen molar-refractivity contribution in [3.05, 3.63) is 18.5 Å². The second kappa shape index (κ2) is 6.29. The molecule has 108 valence electrons. The lowest BCUT2D eigenvalue weighted by Gasteiger charge is -2.23. The number of rotatable bonds is 5. The minimum Gasteiger partial charge on any atom is -0.479 e. The van der Waals surface area contributed by atoms with Gasteiger partial charge in [0.25, 0.3) is 0 Å². The van der Waals surface area contributed by atoms with Gasteiger partial charge in [0.05, 0.1) is 6.54 Å². The Bertz CT molecular complexity index is 482. The Hall–Kier alpha value is -2.22. The molecule has 0 aromatic carbocycles. The average molecular weight is 280 g/mol. The van der Waals surface area contributed by atoms with Crippen molar-refractivity contribution in [2.24, 2.45) is 0 Å². The van der Waals surface area contributed by atoms with Gasteiger partial charge in [-0.1, -0.05) is 0 Å². The Labute approximate surface area is 115 Å². The molecule has 3 N–H and O–H groups in total. The third-order valence-electron chi connectivity index (χ3n) is 3.12. The molecule has 1 fully saturated rings. The second-order valence-electron chi connectivity index (χ2n) is 4.50. The normalized spacial score (nSPS) is 19.6. The average Bonchev–Trinajstić information content (AvgIpc) is 2.94. The number of anilines is 1. The molecule has 8 heteroatoms. The van der Waals surface area contributed by atoms with Gasteiger partial charge >= 0.3 is 5.97 Å². The highest BCUT2D eigenvalue weighted by molar-refractivity contribution is 5.85. The van der Waals surface area contributed by atoms with Crippen LogP contribution in [0.5, 0.6) is 0 Å². The van der Waals surface area contributed by atoms with Gasteiger partial charge in [0.1, 0.15) is 6.04 Å². The van der Waals surface area contributed by atoms with Crippen LogP contribution >= 0.6 is 0 Å². The Morgan fingerprint density at radius 1 is 1.45 bits per heavy atom. The van der Waals surface area contributed by atoms with E-state index >= 15 is 0 Å². The first-order valence-corrected chi connectivity index (χ1v) is 6.32. The predicted octanol–water partition coefficient (Wildman–Crippen LogP) is -0.993. The van der Waals surface area contributed by atoms with Crippen LogP contribution in [0.25, 0.3) is 0 Å². The van der Waals surface area contributed by atoms with Gasteiger partial charge in [0, 0.05) is 18.9 Å². The topological polar surface area (TPSA) is 116 Å². The fourth-order valence-electron chi connectivity index (χ4n) is 2.12. The summed E-state index contributed by atoms with van der Waals surface area (Å²) in [4.78, 5) is 32.5. The number of amides is 1. The zero-order chi connectivity index (χ0) is 14.5. The fourth-order valence-corrected chi connectivity index (χ4v) is 2.12. The van der Waals surface area contributed by atoms with Crippen LogP contribution in [0.2, 0.25) is 0 Å². The number of aliphatic hydroxyl groups excluding tert-OH is 1. The predicted molar refractivity (Wildman–Crippen MR) is 69.1 cm³/mol. The molecule has 1 aliphatic rings.